The summed E-state index contributed by atoms with van der Waals surface area (Å²) in [5.74, 6) is 0.0734. The van der Waals surface area contributed by atoms with Crippen molar-refractivity contribution in [2.75, 3.05) is 18.6 Å². The first-order valence-corrected chi connectivity index (χ1v) is 13.0. The molecule has 2 aromatic heterocycles. The van der Waals surface area contributed by atoms with Crippen LogP contribution in [0.5, 0.6) is 5.75 Å². The maximum Gasteiger partial charge on any atom is 0.400 e. The number of benzene rings is 1. The molecular weight excluding hydrogens is 463 g/mol. The highest BCUT2D eigenvalue weighted by atomic mass is 32.2. The van der Waals surface area contributed by atoms with E-state index in [2.05, 4.69) is 15.4 Å². The van der Waals surface area contributed by atoms with Crippen molar-refractivity contribution >= 4 is 38.9 Å². The molecule has 2 heterocycles. The van der Waals surface area contributed by atoms with Crippen molar-refractivity contribution in [3.05, 3.63) is 28.8 Å². The lowest BCUT2D eigenvalue weighted by molar-refractivity contribution is 0.0596. The molecule has 0 amide bonds. The van der Waals surface area contributed by atoms with Crippen LogP contribution in [0.25, 0.3) is 21.3 Å². The number of nitrogens with one attached hydrogen (secondary N) is 1. The molecule has 9 nitrogen and oxygen atoms in total. The van der Waals surface area contributed by atoms with Crippen molar-refractivity contribution in [1.29, 1.82) is 0 Å². The number of H-pyrrole nitrogens is 1. The average Bonchev–Trinajstić information content (AvgIpc) is 3.25. The molecule has 0 spiro atoms. The summed E-state index contributed by atoms with van der Waals surface area (Å²) >= 11 is 0.525. The van der Waals surface area contributed by atoms with Gasteiger partial charge in [0.05, 0.1) is 21.9 Å². The second kappa shape index (κ2) is 7.97. The van der Waals surface area contributed by atoms with E-state index in [4.69, 9.17) is 14.5 Å². The number of nitrogens with zero attached hydrogens (tertiary/aromatic N) is 2. The number of rotatable bonds is 8. The van der Waals surface area contributed by atoms with E-state index in [0.29, 0.717) is 28.0 Å². The summed E-state index contributed by atoms with van der Waals surface area (Å²) in [7, 11) is -8.94. The van der Waals surface area contributed by atoms with Crippen molar-refractivity contribution in [3.63, 3.8) is 0 Å². The third kappa shape index (κ3) is 4.54. The Morgan fingerprint density at radius 1 is 1.33 bits per heavy atom. The van der Waals surface area contributed by atoms with Crippen LogP contribution < -0.4 is 4.74 Å². The highest BCUT2D eigenvalue weighted by Gasteiger charge is 2.52. The fourth-order valence-corrected chi connectivity index (χ4v) is 5.51. The van der Waals surface area contributed by atoms with Crippen molar-refractivity contribution in [2.24, 2.45) is 0 Å². The van der Waals surface area contributed by atoms with Gasteiger partial charge in [-0.3, -0.25) is 9.66 Å². The minimum Gasteiger partial charge on any atom is -0.492 e. The Morgan fingerprint density at radius 3 is 2.60 bits per heavy atom. The number of halogens is 2. The van der Waals surface area contributed by atoms with E-state index in [-0.39, 0.29) is 34.8 Å². The molecule has 0 unspecified atom stereocenters. The van der Waals surface area contributed by atoms with E-state index in [9.17, 15) is 21.8 Å². The normalized spacial score (nSPS) is 13.1. The van der Waals surface area contributed by atoms with Crippen LogP contribution in [0.1, 0.15) is 16.9 Å². The van der Waals surface area contributed by atoms with Gasteiger partial charge in [0.25, 0.3) is 0 Å². The Balaban J connectivity index is 2.10. The standard InChI is InChI=1S/C16H18F2N3O6PS2/c1-9-11-6-10(12-8-19-21-20-12)7-13(27-4-3-5-30(2,25)26)14(11)29-15(9)16(17,18)28(22,23)24/h6-8H,3-5H2,1-2H3,(H,19,20,21)(H2,22,23,24). The fraction of sp³-hybridized carbons (Fsp3) is 0.375. The van der Waals surface area contributed by atoms with Crippen LogP contribution >= 0.6 is 18.9 Å². The van der Waals surface area contributed by atoms with Crippen LogP contribution in [-0.2, 0) is 20.1 Å². The number of hydrogen-bond acceptors (Lipinski definition) is 7. The van der Waals surface area contributed by atoms with Gasteiger partial charge in [-0.25, -0.2) is 8.42 Å². The third-order valence-electron chi connectivity index (χ3n) is 4.27. The first kappa shape index (κ1) is 22.8. The van der Waals surface area contributed by atoms with Crippen molar-refractivity contribution in [3.8, 4) is 17.0 Å². The molecule has 14 heteroatoms. The van der Waals surface area contributed by atoms with Crippen molar-refractivity contribution in [2.45, 2.75) is 19.0 Å². The second-order valence-electron chi connectivity index (χ2n) is 6.68. The molecule has 0 bridgehead atoms. The van der Waals surface area contributed by atoms with Crippen molar-refractivity contribution in [1.82, 2.24) is 15.4 Å². The molecule has 0 saturated carbocycles. The summed E-state index contributed by atoms with van der Waals surface area (Å²) in [6.07, 6.45) is 2.77. The zero-order valence-electron chi connectivity index (χ0n) is 15.8. The largest absolute Gasteiger partial charge is 0.492 e. The van der Waals surface area contributed by atoms with Crippen LogP contribution in [-0.4, -0.2) is 52.2 Å². The fourth-order valence-electron chi connectivity index (χ4n) is 2.81. The predicted octanol–water partition coefficient (Wildman–Crippen LogP) is 3.04. The van der Waals surface area contributed by atoms with Crippen LogP contribution in [0, 0.1) is 6.92 Å². The summed E-state index contributed by atoms with van der Waals surface area (Å²) in [5, 5.41) is 10.3. The zero-order chi connectivity index (χ0) is 22.3. The molecule has 3 aromatic rings. The molecular formula is C16H18F2N3O6PS2. The smallest absolute Gasteiger partial charge is 0.400 e. The van der Waals surface area contributed by atoms with Crippen LogP contribution in [0.15, 0.2) is 18.3 Å². The number of sulfone groups is 1. The van der Waals surface area contributed by atoms with Gasteiger partial charge in [-0.2, -0.15) is 8.78 Å². The topological polar surface area (TPSA) is 142 Å². The van der Waals surface area contributed by atoms with Crippen LogP contribution in [0.3, 0.4) is 0 Å². The summed E-state index contributed by atoms with van der Waals surface area (Å²) < 4.78 is 68.7. The van der Waals surface area contributed by atoms with E-state index in [1.807, 2.05) is 0 Å². The lowest BCUT2D eigenvalue weighted by atomic mass is 10.1. The van der Waals surface area contributed by atoms with Gasteiger partial charge in [-0.1, -0.05) is 5.21 Å². The molecule has 0 aliphatic carbocycles. The summed E-state index contributed by atoms with van der Waals surface area (Å²) in [6, 6.07) is 3.09. The maximum atomic E-state index is 14.4. The molecule has 0 fully saturated rings. The van der Waals surface area contributed by atoms with E-state index in [0.717, 1.165) is 6.26 Å². The minimum absolute atomic E-state index is 0.00556. The molecule has 164 valence electrons. The second-order valence-corrected chi connectivity index (χ2v) is 11.6. The highest BCUT2D eigenvalue weighted by Crippen LogP contribution is 2.62. The third-order valence-corrected chi connectivity index (χ3v) is 7.80. The van der Waals surface area contributed by atoms with E-state index < -0.39 is 28.0 Å². The number of alkyl halides is 2. The molecule has 3 rings (SSSR count). The first-order chi connectivity index (χ1) is 13.8. The molecule has 0 saturated heterocycles. The number of thiophene rings is 1. The number of ether oxygens (including phenoxy) is 1. The lowest BCUT2D eigenvalue weighted by Crippen LogP contribution is -2.12. The maximum absolute atomic E-state index is 14.4. The number of hydrogen-bond donors (Lipinski definition) is 3. The molecule has 30 heavy (non-hydrogen) atoms. The van der Waals surface area contributed by atoms with Gasteiger partial charge >= 0.3 is 13.3 Å². The zero-order valence-corrected chi connectivity index (χ0v) is 18.3. The Labute approximate surface area is 174 Å². The van der Waals surface area contributed by atoms with Gasteiger partial charge in [0, 0.05) is 23.4 Å². The summed E-state index contributed by atoms with van der Waals surface area (Å²) in [5.41, 5.74) is -3.45. The van der Waals surface area contributed by atoms with Crippen LogP contribution in [0.2, 0.25) is 0 Å². The molecule has 0 atom stereocenters. The molecule has 1 aromatic carbocycles. The number of aromatic nitrogens is 3. The van der Waals surface area contributed by atoms with Gasteiger partial charge in [-0.05, 0) is 31.0 Å². The molecule has 0 radical (unpaired) electrons. The quantitative estimate of drug-likeness (QED) is 0.329. The Morgan fingerprint density at radius 2 is 2.03 bits per heavy atom. The summed E-state index contributed by atoms with van der Waals surface area (Å²) in [6.45, 7) is 1.35. The SMILES string of the molecule is Cc1c(C(F)(F)P(=O)(O)O)sc2c(OCCCS(C)(=O)=O)cc(-c3c[nH]nn3)cc12. The number of aromatic amines is 1. The molecule has 0 aliphatic heterocycles. The predicted molar refractivity (Wildman–Crippen MR) is 108 cm³/mol. The Kier molecular flexibility index (Phi) is 6.04. The highest BCUT2D eigenvalue weighted by molar-refractivity contribution is 7.90. The molecule has 3 N–H and O–H groups in total. The van der Waals surface area contributed by atoms with E-state index >= 15 is 0 Å². The Hall–Kier alpha value is -1.92. The van der Waals surface area contributed by atoms with Gasteiger partial charge in [0.1, 0.15) is 21.3 Å². The van der Waals surface area contributed by atoms with Gasteiger partial charge in [0.15, 0.2) is 0 Å². The van der Waals surface area contributed by atoms with Gasteiger partial charge in [0.2, 0.25) is 0 Å². The minimum atomic E-state index is -5.75. The number of fused-ring (bicyclic) bond motifs is 1. The molecule has 0 aliphatic rings. The number of aryl methyl sites for hydroxylation is 1. The van der Waals surface area contributed by atoms with E-state index in [1.54, 1.807) is 6.07 Å². The summed E-state index contributed by atoms with van der Waals surface area (Å²) in [4.78, 5) is 17.5. The Bertz CT molecular complexity index is 1220. The average molecular weight is 481 g/mol. The van der Waals surface area contributed by atoms with Gasteiger partial charge in [-0.15, -0.1) is 16.4 Å². The van der Waals surface area contributed by atoms with Crippen LogP contribution in [0.4, 0.5) is 8.78 Å². The first-order valence-electron chi connectivity index (χ1n) is 8.49. The van der Waals surface area contributed by atoms with Crippen molar-refractivity contribution < 1.29 is 36.3 Å². The van der Waals surface area contributed by atoms with Gasteiger partial charge < -0.3 is 14.5 Å². The monoisotopic (exact) mass is 481 g/mol. The van der Waals surface area contributed by atoms with E-state index in [1.165, 1.54) is 19.2 Å². The lowest BCUT2D eigenvalue weighted by Gasteiger charge is -2.16.